The standard InChI is InChI=1S/C31H42N2O3/c34-29-13-7-12-25(21-29)26-19-27-14-15-28(20-26)33(27)17-16-32(22-24-10-5-2-6-11-24)31(36)30(35)18-23-8-3-1-4-9-23/h1,3-4,7-9,12-13,21,24,26-28,30,34-35H,2,5-6,10-11,14-20,22H2/t26?,27-,28+,30-/m0/s1. The summed E-state index contributed by atoms with van der Waals surface area (Å²) in [4.78, 5) is 18.1. The SMILES string of the molecule is O=C([C@@H](O)Cc1ccccc1)N(CCN1[C@@H]2CC[C@H]1CC(c1cccc(O)c1)C2)CC1CCCCC1. The number of aromatic hydroxyl groups is 1. The lowest BCUT2D eigenvalue weighted by atomic mass is 9.85. The summed E-state index contributed by atoms with van der Waals surface area (Å²) in [5.74, 6) is 1.30. The maximum atomic E-state index is 13.5. The average Bonchev–Trinajstić information content (AvgIpc) is 3.13. The Balaban J connectivity index is 1.22. The zero-order valence-electron chi connectivity index (χ0n) is 21.5. The molecule has 0 spiro atoms. The molecule has 1 aliphatic carbocycles. The van der Waals surface area contributed by atoms with Crippen LogP contribution >= 0.6 is 0 Å². The Morgan fingerprint density at radius 1 is 0.944 bits per heavy atom. The normalized spacial score (nSPS) is 25.5. The van der Waals surface area contributed by atoms with Crippen LogP contribution < -0.4 is 0 Å². The lowest BCUT2D eigenvalue weighted by molar-refractivity contribution is -0.141. The minimum atomic E-state index is -0.982. The molecule has 2 aliphatic heterocycles. The molecule has 36 heavy (non-hydrogen) atoms. The summed E-state index contributed by atoms with van der Waals surface area (Å²) in [5, 5.41) is 20.8. The molecule has 3 fully saturated rings. The summed E-state index contributed by atoms with van der Waals surface area (Å²) in [5.41, 5.74) is 2.26. The minimum Gasteiger partial charge on any atom is -0.508 e. The monoisotopic (exact) mass is 490 g/mol. The molecular formula is C31H42N2O3. The number of piperidine rings is 1. The summed E-state index contributed by atoms with van der Waals surface area (Å²) in [6.07, 6.45) is 10.3. The first-order chi connectivity index (χ1) is 17.6. The van der Waals surface area contributed by atoms with Gasteiger partial charge in [0, 0.05) is 38.1 Å². The van der Waals surface area contributed by atoms with E-state index in [2.05, 4.69) is 11.0 Å². The molecule has 2 aromatic carbocycles. The van der Waals surface area contributed by atoms with Crippen molar-refractivity contribution in [3.8, 4) is 5.75 Å². The molecule has 4 atom stereocenters. The van der Waals surface area contributed by atoms with Crippen molar-refractivity contribution in [2.24, 2.45) is 5.92 Å². The maximum absolute atomic E-state index is 13.5. The highest BCUT2D eigenvalue weighted by molar-refractivity contribution is 5.81. The molecule has 5 nitrogen and oxygen atoms in total. The van der Waals surface area contributed by atoms with Gasteiger partial charge in [0.1, 0.15) is 11.9 Å². The van der Waals surface area contributed by atoms with E-state index >= 15 is 0 Å². The number of rotatable bonds is 9. The lowest BCUT2D eigenvalue weighted by Gasteiger charge is -2.41. The Kier molecular flexibility index (Phi) is 8.28. The molecule has 194 valence electrons. The van der Waals surface area contributed by atoms with Gasteiger partial charge in [-0.05, 0) is 73.6 Å². The minimum absolute atomic E-state index is 0.105. The molecule has 2 bridgehead atoms. The van der Waals surface area contributed by atoms with E-state index in [1.165, 1.54) is 50.5 Å². The number of fused-ring (bicyclic) bond motifs is 2. The molecule has 0 radical (unpaired) electrons. The van der Waals surface area contributed by atoms with Crippen LogP contribution in [0.1, 0.15) is 74.8 Å². The fraction of sp³-hybridized carbons (Fsp3) is 0.581. The van der Waals surface area contributed by atoms with E-state index < -0.39 is 6.10 Å². The number of phenols is 1. The van der Waals surface area contributed by atoms with E-state index in [-0.39, 0.29) is 5.91 Å². The molecule has 2 N–H and O–H groups in total. The van der Waals surface area contributed by atoms with Crippen molar-refractivity contribution in [3.63, 3.8) is 0 Å². The van der Waals surface area contributed by atoms with Crippen LogP contribution in [0.5, 0.6) is 5.75 Å². The first kappa shape index (κ1) is 25.3. The Morgan fingerprint density at radius 3 is 2.36 bits per heavy atom. The fourth-order valence-electron chi connectivity index (χ4n) is 7.03. The third-order valence-corrected chi connectivity index (χ3v) is 8.93. The highest BCUT2D eigenvalue weighted by Crippen LogP contribution is 2.43. The number of phenolic OH excluding ortho intramolecular Hbond substituents is 1. The van der Waals surface area contributed by atoms with Crippen LogP contribution in [0.25, 0.3) is 0 Å². The molecule has 5 rings (SSSR count). The largest absolute Gasteiger partial charge is 0.508 e. The number of amides is 1. The van der Waals surface area contributed by atoms with Gasteiger partial charge in [-0.2, -0.15) is 0 Å². The van der Waals surface area contributed by atoms with Gasteiger partial charge in [0.05, 0.1) is 0 Å². The highest BCUT2D eigenvalue weighted by atomic mass is 16.3. The molecule has 2 heterocycles. The maximum Gasteiger partial charge on any atom is 0.251 e. The number of benzene rings is 2. The summed E-state index contributed by atoms with van der Waals surface area (Å²) in [7, 11) is 0. The smallest absolute Gasteiger partial charge is 0.251 e. The fourth-order valence-corrected chi connectivity index (χ4v) is 7.03. The lowest BCUT2D eigenvalue weighted by Crippen LogP contribution is -2.49. The van der Waals surface area contributed by atoms with Crippen molar-refractivity contribution in [2.75, 3.05) is 19.6 Å². The summed E-state index contributed by atoms with van der Waals surface area (Å²) in [6, 6.07) is 18.7. The number of aliphatic hydroxyl groups is 1. The Labute approximate surface area is 216 Å². The molecule has 2 aromatic rings. The number of hydrogen-bond acceptors (Lipinski definition) is 4. The van der Waals surface area contributed by atoms with Gasteiger partial charge in [-0.1, -0.05) is 61.7 Å². The average molecular weight is 491 g/mol. The van der Waals surface area contributed by atoms with Crippen molar-refractivity contribution >= 4 is 5.91 Å². The quantitative estimate of drug-likeness (QED) is 0.512. The van der Waals surface area contributed by atoms with E-state index in [0.717, 1.165) is 31.5 Å². The number of hydrogen-bond donors (Lipinski definition) is 2. The zero-order valence-corrected chi connectivity index (χ0v) is 21.5. The second kappa shape index (κ2) is 11.8. The number of aliphatic hydroxyl groups excluding tert-OH is 1. The van der Waals surface area contributed by atoms with Gasteiger partial charge in [-0.15, -0.1) is 0 Å². The van der Waals surface area contributed by atoms with Crippen LogP contribution in [0.4, 0.5) is 0 Å². The van der Waals surface area contributed by atoms with Gasteiger partial charge in [0.15, 0.2) is 0 Å². The molecular weight excluding hydrogens is 448 g/mol. The number of carbonyl (C=O) groups excluding carboxylic acids is 1. The topological polar surface area (TPSA) is 64.0 Å². The highest BCUT2D eigenvalue weighted by Gasteiger charge is 2.41. The molecule has 3 aliphatic rings. The number of carbonyl (C=O) groups is 1. The molecule has 1 amide bonds. The van der Waals surface area contributed by atoms with Gasteiger partial charge in [0.2, 0.25) is 0 Å². The number of nitrogens with zero attached hydrogens (tertiary/aromatic N) is 2. The third-order valence-electron chi connectivity index (χ3n) is 8.93. The van der Waals surface area contributed by atoms with Crippen molar-refractivity contribution in [1.29, 1.82) is 0 Å². The first-order valence-electron chi connectivity index (χ1n) is 14.1. The van der Waals surface area contributed by atoms with Gasteiger partial charge in [0.25, 0.3) is 5.91 Å². The Hall–Kier alpha value is -2.37. The molecule has 0 aromatic heterocycles. The van der Waals surface area contributed by atoms with E-state index in [4.69, 9.17) is 0 Å². The second-order valence-corrected chi connectivity index (χ2v) is 11.4. The van der Waals surface area contributed by atoms with Crippen LogP contribution in [0, 0.1) is 5.92 Å². The van der Waals surface area contributed by atoms with Crippen LogP contribution in [-0.2, 0) is 11.2 Å². The third kappa shape index (κ3) is 6.12. The van der Waals surface area contributed by atoms with Crippen molar-refractivity contribution in [1.82, 2.24) is 9.80 Å². The zero-order chi connectivity index (χ0) is 24.9. The van der Waals surface area contributed by atoms with Crippen LogP contribution in [0.15, 0.2) is 54.6 Å². The van der Waals surface area contributed by atoms with Gasteiger partial charge in [-0.3, -0.25) is 9.69 Å². The van der Waals surface area contributed by atoms with E-state index in [1.54, 1.807) is 6.07 Å². The summed E-state index contributed by atoms with van der Waals surface area (Å²) in [6.45, 7) is 2.36. The van der Waals surface area contributed by atoms with Crippen LogP contribution in [-0.4, -0.2) is 63.7 Å². The Morgan fingerprint density at radius 2 is 1.67 bits per heavy atom. The molecule has 1 saturated carbocycles. The molecule has 2 saturated heterocycles. The van der Waals surface area contributed by atoms with Gasteiger partial charge < -0.3 is 15.1 Å². The van der Waals surface area contributed by atoms with E-state index in [0.29, 0.717) is 42.6 Å². The van der Waals surface area contributed by atoms with Crippen molar-refractivity contribution < 1.29 is 15.0 Å². The van der Waals surface area contributed by atoms with E-state index in [9.17, 15) is 15.0 Å². The summed E-state index contributed by atoms with van der Waals surface area (Å²) < 4.78 is 0. The molecule has 5 heteroatoms. The van der Waals surface area contributed by atoms with Crippen LogP contribution in [0.2, 0.25) is 0 Å². The Bertz CT molecular complexity index is 976. The summed E-state index contributed by atoms with van der Waals surface area (Å²) >= 11 is 0. The predicted molar refractivity (Wildman–Crippen MR) is 143 cm³/mol. The predicted octanol–water partition coefficient (Wildman–Crippen LogP) is 5.12. The second-order valence-electron chi connectivity index (χ2n) is 11.4. The van der Waals surface area contributed by atoms with Crippen molar-refractivity contribution in [3.05, 3.63) is 65.7 Å². The molecule has 1 unspecified atom stereocenters. The van der Waals surface area contributed by atoms with Gasteiger partial charge in [-0.25, -0.2) is 0 Å². The van der Waals surface area contributed by atoms with Crippen molar-refractivity contribution in [2.45, 2.75) is 88.3 Å². The van der Waals surface area contributed by atoms with Gasteiger partial charge >= 0.3 is 0 Å². The first-order valence-corrected chi connectivity index (χ1v) is 14.1. The van der Waals surface area contributed by atoms with Crippen LogP contribution in [0.3, 0.4) is 0 Å². The van der Waals surface area contributed by atoms with E-state index in [1.807, 2.05) is 47.4 Å².